The SMILES string of the molecule is Brc1cnc2c(ccn2C2CCC2)c1. The Kier molecular flexibility index (Phi) is 1.87. The van der Waals surface area contributed by atoms with Gasteiger partial charge in [0.2, 0.25) is 0 Å². The normalized spacial score (nSPS) is 17.2. The zero-order valence-electron chi connectivity index (χ0n) is 7.78. The number of hydrogen-bond acceptors (Lipinski definition) is 1. The van der Waals surface area contributed by atoms with Crippen LogP contribution in [0.3, 0.4) is 0 Å². The van der Waals surface area contributed by atoms with E-state index in [1.165, 1.54) is 24.6 Å². The van der Waals surface area contributed by atoms with Gasteiger partial charge in [-0.3, -0.25) is 0 Å². The molecule has 0 spiro atoms. The number of hydrogen-bond donors (Lipinski definition) is 0. The van der Waals surface area contributed by atoms with Gasteiger partial charge in [0.05, 0.1) is 0 Å². The Morgan fingerprint density at radius 2 is 2.29 bits per heavy atom. The molecule has 2 aromatic heterocycles. The number of nitrogens with zero attached hydrogens (tertiary/aromatic N) is 2. The van der Waals surface area contributed by atoms with Crippen molar-refractivity contribution >= 4 is 27.0 Å². The lowest BCUT2D eigenvalue weighted by molar-refractivity contribution is 0.320. The molecule has 0 amide bonds. The zero-order valence-corrected chi connectivity index (χ0v) is 9.37. The Morgan fingerprint density at radius 3 is 3.00 bits per heavy atom. The van der Waals surface area contributed by atoms with Crippen molar-refractivity contribution in [3.8, 4) is 0 Å². The van der Waals surface area contributed by atoms with Crippen molar-refractivity contribution in [2.24, 2.45) is 0 Å². The molecule has 2 aromatic rings. The van der Waals surface area contributed by atoms with Gasteiger partial charge in [-0.2, -0.15) is 0 Å². The first-order valence-electron chi connectivity index (χ1n) is 4.97. The minimum Gasteiger partial charge on any atom is -0.329 e. The third-order valence-corrected chi connectivity index (χ3v) is 3.42. The molecule has 2 heterocycles. The van der Waals surface area contributed by atoms with Gasteiger partial charge < -0.3 is 4.57 Å². The van der Waals surface area contributed by atoms with E-state index in [9.17, 15) is 0 Å². The van der Waals surface area contributed by atoms with Crippen molar-refractivity contribution in [1.29, 1.82) is 0 Å². The van der Waals surface area contributed by atoms with Gasteiger partial charge in [-0.25, -0.2) is 4.98 Å². The van der Waals surface area contributed by atoms with Gasteiger partial charge in [0, 0.05) is 28.3 Å². The molecular formula is C11H11BrN2. The summed E-state index contributed by atoms with van der Waals surface area (Å²) in [5.74, 6) is 0. The molecule has 1 aliphatic carbocycles. The highest BCUT2D eigenvalue weighted by Crippen LogP contribution is 2.34. The third-order valence-electron chi connectivity index (χ3n) is 2.99. The zero-order chi connectivity index (χ0) is 9.54. The molecule has 0 bridgehead atoms. The van der Waals surface area contributed by atoms with E-state index in [-0.39, 0.29) is 0 Å². The first kappa shape index (κ1) is 8.48. The molecule has 14 heavy (non-hydrogen) atoms. The molecule has 0 atom stereocenters. The number of halogens is 1. The average Bonchev–Trinajstić information content (AvgIpc) is 2.45. The van der Waals surface area contributed by atoms with Gasteiger partial charge in [0.15, 0.2) is 0 Å². The highest BCUT2D eigenvalue weighted by Gasteiger charge is 2.20. The van der Waals surface area contributed by atoms with E-state index in [0.717, 1.165) is 10.1 Å². The molecule has 0 saturated heterocycles. The van der Waals surface area contributed by atoms with Gasteiger partial charge in [-0.15, -0.1) is 0 Å². The molecule has 3 heteroatoms. The number of rotatable bonds is 1. The van der Waals surface area contributed by atoms with Crippen molar-refractivity contribution in [2.75, 3.05) is 0 Å². The average molecular weight is 251 g/mol. The molecule has 2 nitrogen and oxygen atoms in total. The lowest BCUT2D eigenvalue weighted by Crippen LogP contribution is -2.16. The molecular weight excluding hydrogens is 240 g/mol. The maximum atomic E-state index is 4.46. The van der Waals surface area contributed by atoms with Crippen LogP contribution in [0, 0.1) is 0 Å². The van der Waals surface area contributed by atoms with Gasteiger partial charge in [-0.1, -0.05) is 0 Å². The Morgan fingerprint density at radius 1 is 1.43 bits per heavy atom. The van der Waals surface area contributed by atoms with Crippen molar-refractivity contribution in [1.82, 2.24) is 9.55 Å². The summed E-state index contributed by atoms with van der Waals surface area (Å²) in [5, 5.41) is 1.23. The molecule has 72 valence electrons. The van der Waals surface area contributed by atoms with Crippen LogP contribution in [0.2, 0.25) is 0 Å². The van der Waals surface area contributed by atoms with Gasteiger partial charge >= 0.3 is 0 Å². The van der Waals surface area contributed by atoms with E-state index in [1.807, 2.05) is 6.20 Å². The summed E-state index contributed by atoms with van der Waals surface area (Å²) < 4.78 is 3.36. The quantitative estimate of drug-likeness (QED) is 0.758. The lowest BCUT2D eigenvalue weighted by atomic mass is 9.93. The fourth-order valence-corrected chi connectivity index (χ4v) is 2.33. The van der Waals surface area contributed by atoms with Crippen LogP contribution in [-0.4, -0.2) is 9.55 Å². The van der Waals surface area contributed by atoms with Gasteiger partial charge in [0.25, 0.3) is 0 Å². The van der Waals surface area contributed by atoms with Crippen LogP contribution in [0.1, 0.15) is 25.3 Å². The van der Waals surface area contributed by atoms with E-state index in [0.29, 0.717) is 6.04 Å². The monoisotopic (exact) mass is 250 g/mol. The van der Waals surface area contributed by atoms with Gasteiger partial charge in [-0.05, 0) is 47.3 Å². The van der Waals surface area contributed by atoms with Crippen LogP contribution in [0.4, 0.5) is 0 Å². The summed E-state index contributed by atoms with van der Waals surface area (Å²) >= 11 is 3.44. The standard InChI is InChI=1S/C11H11BrN2/c12-9-6-8-4-5-14(10-2-1-3-10)11(8)13-7-9/h4-7,10H,1-3H2. The Hall–Kier alpha value is -0.830. The molecule has 1 saturated carbocycles. The first-order chi connectivity index (χ1) is 6.84. The van der Waals surface area contributed by atoms with Gasteiger partial charge in [0.1, 0.15) is 5.65 Å². The van der Waals surface area contributed by atoms with Crippen LogP contribution in [-0.2, 0) is 0 Å². The van der Waals surface area contributed by atoms with E-state index in [4.69, 9.17) is 0 Å². The summed E-state index contributed by atoms with van der Waals surface area (Å²) in [6, 6.07) is 4.96. The summed E-state index contributed by atoms with van der Waals surface area (Å²) in [6.07, 6.45) is 8.01. The molecule has 1 fully saturated rings. The predicted molar refractivity (Wildman–Crippen MR) is 60.3 cm³/mol. The Bertz CT molecular complexity index is 471. The van der Waals surface area contributed by atoms with E-state index < -0.39 is 0 Å². The van der Waals surface area contributed by atoms with Crippen molar-refractivity contribution in [3.05, 3.63) is 29.0 Å². The maximum Gasteiger partial charge on any atom is 0.140 e. The number of aromatic nitrogens is 2. The fourth-order valence-electron chi connectivity index (χ4n) is 1.98. The smallest absolute Gasteiger partial charge is 0.140 e. The molecule has 0 unspecified atom stereocenters. The van der Waals surface area contributed by atoms with Crippen molar-refractivity contribution < 1.29 is 0 Å². The third kappa shape index (κ3) is 1.19. The highest BCUT2D eigenvalue weighted by molar-refractivity contribution is 9.10. The maximum absolute atomic E-state index is 4.46. The van der Waals surface area contributed by atoms with Crippen molar-refractivity contribution in [3.63, 3.8) is 0 Å². The van der Waals surface area contributed by atoms with Crippen LogP contribution in [0.5, 0.6) is 0 Å². The summed E-state index contributed by atoms with van der Waals surface area (Å²) in [4.78, 5) is 4.46. The molecule has 0 aliphatic heterocycles. The number of fused-ring (bicyclic) bond motifs is 1. The first-order valence-corrected chi connectivity index (χ1v) is 5.76. The second-order valence-corrected chi connectivity index (χ2v) is 4.79. The molecule has 0 N–H and O–H groups in total. The van der Waals surface area contributed by atoms with Crippen LogP contribution in [0.15, 0.2) is 29.0 Å². The minimum absolute atomic E-state index is 0.696. The highest BCUT2D eigenvalue weighted by atomic mass is 79.9. The summed E-state index contributed by atoms with van der Waals surface area (Å²) in [5.41, 5.74) is 1.12. The molecule has 1 aliphatic rings. The summed E-state index contributed by atoms with van der Waals surface area (Å²) in [6.45, 7) is 0. The van der Waals surface area contributed by atoms with E-state index in [1.54, 1.807) is 0 Å². The summed E-state index contributed by atoms with van der Waals surface area (Å²) in [7, 11) is 0. The topological polar surface area (TPSA) is 17.8 Å². The Labute approximate surface area is 91.1 Å². The van der Waals surface area contributed by atoms with Crippen LogP contribution < -0.4 is 0 Å². The second-order valence-electron chi connectivity index (χ2n) is 3.87. The largest absolute Gasteiger partial charge is 0.329 e. The predicted octanol–water partition coefficient (Wildman–Crippen LogP) is 3.52. The van der Waals surface area contributed by atoms with E-state index >= 15 is 0 Å². The molecule has 0 aromatic carbocycles. The molecule has 0 radical (unpaired) electrons. The fraction of sp³-hybridized carbons (Fsp3) is 0.364. The lowest BCUT2D eigenvalue weighted by Gasteiger charge is -2.27. The van der Waals surface area contributed by atoms with E-state index in [2.05, 4.69) is 43.8 Å². The van der Waals surface area contributed by atoms with Crippen LogP contribution in [0.25, 0.3) is 11.0 Å². The second kappa shape index (κ2) is 3.09. The van der Waals surface area contributed by atoms with Crippen LogP contribution >= 0.6 is 15.9 Å². The van der Waals surface area contributed by atoms with Crippen molar-refractivity contribution in [2.45, 2.75) is 25.3 Å². The number of pyridine rings is 1. The minimum atomic E-state index is 0.696. The molecule has 3 rings (SSSR count). The Balaban J connectivity index is 2.16.